The van der Waals surface area contributed by atoms with E-state index in [0.717, 1.165) is 60.7 Å². The van der Waals surface area contributed by atoms with E-state index < -0.39 is 0 Å². The maximum Gasteiger partial charge on any atom is 0.164 e. The monoisotopic (exact) mass is 405 g/mol. The Morgan fingerprint density at radius 1 is 0.967 bits per heavy atom. The minimum atomic E-state index is -0.00328. The molecule has 0 unspecified atom stereocenters. The van der Waals surface area contributed by atoms with E-state index in [1.54, 1.807) is 0 Å². The summed E-state index contributed by atoms with van der Waals surface area (Å²) in [4.78, 5) is 14.6. The number of likely N-dealkylation sites (N-methyl/N-ethyl adjacent to an activating group) is 1. The topological polar surface area (TPSA) is 73.0 Å². The van der Waals surface area contributed by atoms with Crippen LogP contribution in [-0.2, 0) is 5.41 Å². The average Bonchev–Trinajstić information content (AvgIpc) is 3.12. The number of rotatable bonds is 4. The average molecular weight is 406 g/mol. The van der Waals surface area contributed by atoms with E-state index in [0.29, 0.717) is 0 Å². The third-order valence-corrected chi connectivity index (χ3v) is 5.48. The maximum atomic E-state index is 5.00. The lowest BCUT2D eigenvalue weighted by Gasteiger charge is -2.33. The van der Waals surface area contributed by atoms with Crippen molar-refractivity contribution in [1.29, 1.82) is 0 Å². The van der Waals surface area contributed by atoms with E-state index in [-0.39, 0.29) is 5.41 Å². The first-order valence-corrected chi connectivity index (χ1v) is 10.5. The fraction of sp³-hybridized carbons (Fsp3) is 0.435. The number of aromatic amines is 1. The molecule has 7 heteroatoms. The molecule has 1 aromatic carbocycles. The number of hydrogen-bond acceptors (Lipinski definition) is 6. The van der Waals surface area contributed by atoms with Gasteiger partial charge in [0.15, 0.2) is 11.6 Å². The van der Waals surface area contributed by atoms with Crippen LogP contribution >= 0.6 is 0 Å². The van der Waals surface area contributed by atoms with Crippen LogP contribution in [0, 0.1) is 6.92 Å². The van der Waals surface area contributed by atoms with Crippen LogP contribution in [0.1, 0.15) is 32.0 Å². The second kappa shape index (κ2) is 8.07. The van der Waals surface area contributed by atoms with Crippen molar-refractivity contribution in [2.45, 2.75) is 33.1 Å². The number of nitrogens with zero attached hydrogens (tertiary/aromatic N) is 5. The lowest BCUT2D eigenvalue weighted by Crippen LogP contribution is -2.44. The Hall–Kier alpha value is -2.93. The van der Waals surface area contributed by atoms with Gasteiger partial charge in [-0.05, 0) is 24.9 Å². The minimum absolute atomic E-state index is 0.00328. The van der Waals surface area contributed by atoms with Crippen molar-refractivity contribution in [3.8, 4) is 11.4 Å². The van der Waals surface area contributed by atoms with Crippen LogP contribution in [0.25, 0.3) is 11.4 Å². The molecular formula is C23H31N7. The molecule has 0 bridgehead atoms. The van der Waals surface area contributed by atoms with E-state index in [9.17, 15) is 0 Å². The largest absolute Gasteiger partial charge is 0.354 e. The first kappa shape index (κ1) is 20.3. The molecule has 2 aromatic heterocycles. The van der Waals surface area contributed by atoms with Crippen LogP contribution in [0.4, 0.5) is 17.5 Å². The van der Waals surface area contributed by atoms with E-state index in [2.05, 4.69) is 77.4 Å². The number of aromatic nitrogens is 4. The van der Waals surface area contributed by atoms with Crippen molar-refractivity contribution in [2.75, 3.05) is 43.4 Å². The number of anilines is 3. The zero-order valence-electron chi connectivity index (χ0n) is 18.5. The molecule has 0 radical (unpaired) electrons. The number of H-pyrrole nitrogens is 1. The summed E-state index contributed by atoms with van der Waals surface area (Å²) in [7, 11) is 2.16. The van der Waals surface area contributed by atoms with Gasteiger partial charge in [-0.1, -0.05) is 45.0 Å². The number of hydrogen-bond donors (Lipinski definition) is 2. The number of piperazine rings is 1. The predicted molar refractivity (Wildman–Crippen MR) is 122 cm³/mol. The second-order valence-corrected chi connectivity index (χ2v) is 9.08. The summed E-state index contributed by atoms with van der Waals surface area (Å²) in [6.07, 6.45) is 0. The summed E-state index contributed by atoms with van der Waals surface area (Å²) in [5.74, 6) is 3.20. The molecule has 3 aromatic rings. The SMILES string of the molecule is Cc1cc(Nc2cc(N3CCN(C)CC3)nc(-c3ccccc3C(C)(C)C)n2)n[nH]1. The van der Waals surface area contributed by atoms with Crippen LogP contribution in [-0.4, -0.2) is 58.3 Å². The summed E-state index contributed by atoms with van der Waals surface area (Å²) in [6, 6.07) is 12.4. The second-order valence-electron chi connectivity index (χ2n) is 9.08. The molecule has 0 saturated carbocycles. The van der Waals surface area contributed by atoms with E-state index in [1.165, 1.54) is 5.56 Å². The fourth-order valence-corrected chi connectivity index (χ4v) is 3.76. The van der Waals surface area contributed by atoms with Crippen molar-refractivity contribution in [3.05, 3.63) is 47.7 Å². The van der Waals surface area contributed by atoms with Gasteiger partial charge in [-0.15, -0.1) is 0 Å². The summed E-state index contributed by atoms with van der Waals surface area (Å²) in [5, 5.41) is 10.6. The maximum absolute atomic E-state index is 5.00. The molecule has 0 atom stereocenters. The summed E-state index contributed by atoms with van der Waals surface area (Å²) in [6.45, 7) is 12.6. The molecule has 7 nitrogen and oxygen atoms in total. The van der Waals surface area contributed by atoms with E-state index in [4.69, 9.17) is 9.97 Å². The fourth-order valence-electron chi connectivity index (χ4n) is 3.76. The Morgan fingerprint density at radius 3 is 2.37 bits per heavy atom. The van der Waals surface area contributed by atoms with Gasteiger partial charge < -0.3 is 15.1 Å². The van der Waals surface area contributed by atoms with Crippen LogP contribution in [0.5, 0.6) is 0 Å². The van der Waals surface area contributed by atoms with Gasteiger partial charge in [0.2, 0.25) is 0 Å². The highest BCUT2D eigenvalue weighted by atomic mass is 15.3. The highest BCUT2D eigenvalue weighted by Crippen LogP contribution is 2.33. The lowest BCUT2D eigenvalue weighted by molar-refractivity contribution is 0.312. The van der Waals surface area contributed by atoms with Gasteiger partial charge in [0.05, 0.1) is 0 Å². The zero-order valence-corrected chi connectivity index (χ0v) is 18.5. The van der Waals surface area contributed by atoms with Crippen LogP contribution in [0.2, 0.25) is 0 Å². The van der Waals surface area contributed by atoms with Crippen LogP contribution in [0.3, 0.4) is 0 Å². The van der Waals surface area contributed by atoms with Crippen LogP contribution < -0.4 is 10.2 Å². The smallest absolute Gasteiger partial charge is 0.164 e. The minimum Gasteiger partial charge on any atom is -0.354 e. The van der Waals surface area contributed by atoms with Crippen molar-refractivity contribution >= 4 is 17.5 Å². The molecule has 4 rings (SSSR count). The Bertz CT molecular complexity index is 1010. The van der Waals surface area contributed by atoms with Crippen molar-refractivity contribution < 1.29 is 0 Å². The summed E-state index contributed by atoms with van der Waals surface area (Å²) >= 11 is 0. The highest BCUT2D eigenvalue weighted by molar-refractivity contribution is 5.68. The third-order valence-electron chi connectivity index (χ3n) is 5.48. The number of benzene rings is 1. The molecule has 1 fully saturated rings. The quantitative estimate of drug-likeness (QED) is 0.684. The molecule has 1 saturated heterocycles. The van der Waals surface area contributed by atoms with E-state index in [1.807, 2.05) is 19.1 Å². The standard InChI is InChI=1S/C23H31N7/c1-16-14-20(28-27-16)24-19-15-21(30-12-10-29(5)11-13-30)26-22(25-19)17-8-6-7-9-18(17)23(2,3)4/h6-9,14-15H,10-13H2,1-5H3,(H2,24,25,26,27,28). The predicted octanol–water partition coefficient (Wildman–Crippen LogP) is 3.97. The Morgan fingerprint density at radius 2 is 1.70 bits per heavy atom. The van der Waals surface area contributed by atoms with Gasteiger partial charge in [-0.3, -0.25) is 5.10 Å². The molecule has 2 N–H and O–H groups in total. The van der Waals surface area contributed by atoms with Gasteiger partial charge in [0, 0.05) is 49.6 Å². The first-order chi connectivity index (χ1) is 14.3. The zero-order chi connectivity index (χ0) is 21.3. The van der Waals surface area contributed by atoms with Crippen molar-refractivity contribution in [3.63, 3.8) is 0 Å². The molecule has 3 heterocycles. The first-order valence-electron chi connectivity index (χ1n) is 10.5. The molecule has 0 amide bonds. The Labute approximate surface area is 178 Å². The molecule has 158 valence electrons. The van der Waals surface area contributed by atoms with Gasteiger partial charge >= 0.3 is 0 Å². The number of nitrogens with one attached hydrogen (secondary N) is 2. The van der Waals surface area contributed by atoms with Gasteiger partial charge in [-0.25, -0.2) is 9.97 Å². The molecular weight excluding hydrogens is 374 g/mol. The Balaban J connectivity index is 1.78. The van der Waals surface area contributed by atoms with Crippen LogP contribution in [0.15, 0.2) is 36.4 Å². The normalized spacial score (nSPS) is 15.4. The van der Waals surface area contributed by atoms with Gasteiger partial charge in [0.1, 0.15) is 11.6 Å². The summed E-state index contributed by atoms with van der Waals surface area (Å²) < 4.78 is 0. The number of aryl methyl sites for hydroxylation is 1. The highest BCUT2D eigenvalue weighted by Gasteiger charge is 2.22. The van der Waals surface area contributed by atoms with Gasteiger partial charge in [-0.2, -0.15) is 5.10 Å². The molecule has 0 aliphatic carbocycles. The third kappa shape index (κ3) is 4.46. The molecule has 30 heavy (non-hydrogen) atoms. The van der Waals surface area contributed by atoms with Crippen molar-refractivity contribution in [2.24, 2.45) is 0 Å². The van der Waals surface area contributed by atoms with E-state index >= 15 is 0 Å². The summed E-state index contributed by atoms with van der Waals surface area (Å²) in [5.41, 5.74) is 3.31. The van der Waals surface area contributed by atoms with Crippen molar-refractivity contribution in [1.82, 2.24) is 25.1 Å². The Kier molecular flexibility index (Phi) is 5.47. The molecule has 1 aliphatic heterocycles. The molecule has 1 aliphatic rings. The molecule has 0 spiro atoms. The van der Waals surface area contributed by atoms with Gasteiger partial charge in [0.25, 0.3) is 0 Å². The lowest BCUT2D eigenvalue weighted by atomic mass is 9.83.